The lowest BCUT2D eigenvalue weighted by Crippen LogP contribution is -2.51. The van der Waals surface area contributed by atoms with Gasteiger partial charge in [-0.3, -0.25) is 13.9 Å². The van der Waals surface area contributed by atoms with E-state index in [-0.39, 0.29) is 33.1 Å². The molecule has 1 N–H and O–H groups in total. The van der Waals surface area contributed by atoms with E-state index in [0.717, 1.165) is 28.3 Å². The lowest BCUT2D eigenvalue weighted by atomic mass is 10.1. The van der Waals surface area contributed by atoms with E-state index in [1.807, 2.05) is 38.1 Å². The van der Waals surface area contributed by atoms with Crippen LogP contribution in [0.2, 0.25) is 10.0 Å². The molecule has 0 fully saturated rings. The second kappa shape index (κ2) is 13.8. The minimum Gasteiger partial charge on any atom is -0.354 e. The molecule has 0 aromatic heterocycles. The Kier molecular flexibility index (Phi) is 10.8. The number of aryl methyl sites for hydroxylation is 1. The van der Waals surface area contributed by atoms with Gasteiger partial charge in [-0.1, -0.05) is 84.6 Å². The number of carbonyl (C=O) groups excluding carboxylic acids is 2. The van der Waals surface area contributed by atoms with Crippen molar-refractivity contribution in [3.63, 3.8) is 0 Å². The number of amides is 2. The molecule has 3 rings (SSSR count). The molecule has 2 amide bonds. The Hall–Kier alpha value is -3.07. The van der Waals surface area contributed by atoms with E-state index < -0.39 is 28.5 Å². The van der Waals surface area contributed by atoms with Crippen LogP contribution in [0.25, 0.3) is 0 Å². The number of unbranched alkanes of at least 4 members (excludes halogenated alkanes) is 1. The number of nitrogens with zero attached hydrogens (tertiary/aromatic N) is 2. The van der Waals surface area contributed by atoms with Crippen LogP contribution < -0.4 is 9.62 Å². The molecule has 0 bridgehead atoms. The van der Waals surface area contributed by atoms with Gasteiger partial charge in [-0.2, -0.15) is 0 Å². The van der Waals surface area contributed by atoms with Crippen molar-refractivity contribution >= 4 is 50.7 Å². The average molecular weight is 591 g/mol. The molecule has 0 aliphatic heterocycles. The molecule has 208 valence electrons. The monoisotopic (exact) mass is 589 g/mol. The summed E-state index contributed by atoms with van der Waals surface area (Å²) in [6.45, 7) is 5.66. The first-order valence-electron chi connectivity index (χ1n) is 12.7. The molecular weight excluding hydrogens is 557 g/mol. The summed E-state index contributed by atoms with van der Waals surface area (Å²) in [5, 5.41) is 3.31. The minimum absolute atomic E-state index is 0.00402. The second-order valence-electron chi connectivity index (χ2n) is 9.28. The van der Waals surface area contributed by atoms with E-state index in [1.54, 1.807) is 25.1 Å². The van der Waals surface area contributed by atoms with Crippen molar-refractivity contribution in [2.24, 2.45) is 0 Å². The summed E-state index contributed by atoms with van der Waals surface area (Å²) in [7, 11) is -4.19. The van der Waals surface area contributed by atoms with Gasteiger partial charge in [0.05, 0.1) is 10.6 Å². The van der Waals surface area contributed by atoms with Crippen LogP contribution in [-0.4, -0.2) is 44.3 Å². The SMILES string of the molecule is CCCCNC(=O)[C@@H](C)N(Cc1ccc(C)cc1)C(=O)CN(c1cc(Cl)cc(Cl)c1)S(=O)(=O)c1ccccc1. The van der Waals surface area contributed by atoms with Gasteiger partial charge in [-0.05, 0) is 56.2 Å². The summed E-state index contributed by atoms with van der Waals surface area (Å²) < 4.78 is 28.5. The molecule has 3 aromatic carbocycles. The van der Waals surface area contributed by atoms with Gasteiger partial charge in [-0.25, -0.2) is 8.42 Å². The number of benzene rings is 3. The standard InChI is InChI=1S/C29H33Cl2N3O4S/c1-4-5-15-32-29(36)22(3)33(19-23-13-11-21(2)12-14-23)28(35)20-34(26-17-24(30)16-25(31)18-26)39(37,38)27-9-7-6-8-10-27/h6-14,16-18,22H,4-5,15,19-20H2,1-3H3,(H,32,36)/t22-/m1/s1. The van der Waals surface area contributed by atoms with Gasteiger partial charge in [0.2, 0.25) is 11.8 Å². The summed E-state index contributed by atoms with van der Waals surface area (Å²) in [6, 6.07) is 18.9. The van der Waals surface area contributed by atoms with Crippen molar-refractivity contribution in [1.82, 2.24) is 10.2 Å². The van der Waals surface area contributed by atoms with Crippen molar-refractivity contribution in [2.75, 3.05) is 17.4 Å². The first kappa shape index (κ1) is 30.5. The van der Waals surface area contributed by atoms with E-state index in [0.29, 0.717) is 6.54 Å². The molecule has 0 saturated heterocycles. The summed E-state index contributed by atoms with van der Waals surface area (Å²) in [5.74, 6) is -0.864. The maximum absolute atomic E-state index is 13.9. The summed E-state index contributed by atoms with van der Waals surface area (Å²) in [5.41, 5.74) is 2.01. The first-order valence-corrected chi connectivity index (χ1v) is 14.9. The van der Waals surface area contributed by atoms with E-state index in [2.05, 4.69) is 5.32 Å². The van der Waals surface area contributed by atoms with Crippen LogP contribution in [0.3, 0.4) is 0 Å². The van der Waals surface area contributed by atoms with Gasteiger partial charge in [0.25, 0.3) is 10.0 Å². The molecular formula is C29H33Cl2N3O4S. The number of rotatable bonds is 12. The van der Waals surface area contributed by atoms with Crippen LogP contribution in [0.1, 0.15) is 37.8 Å². The normalized spacial score (nSPS) is 12.0. The molecule has 0 spiro atoms. The van der Waals surface area contributed by atoms with Crippen molar-refractivity contribution < 1.29 is 18.0 Å². The Balaban J connectivity index is 2.01. The topological polar surface area (TPSA) is 86.8 Å². The first-order chi connectivity index (χ1) is 18.5. The molecule has 3 aromatic rings. The highest BCUT2D eigenvalue weighted by molar-refractivity contribution is 7.92. The zero-order valence-electron chi connectivity index (χ0n) is 22.2. The summed E-state index contributed by atoms with van der Waals surface area (Å²) in [4.78, 5) is 28.3. The van der Waals surface area contributed by atoms with Crippen molar-refractivity contribution in [1.29, 1.82) is 0 Å². The molecule has 10 heteroatoms. The van der Waals surface area contributed by atoms with Crippen LogP contribution in [0.5, 0.6) is 0 Å². The number of sulfonamides is 1. The third-order valence-corrected chi connectivity index (χ3v) is 8.44. The number of anilines is 1. The van der Waals surface area contributed by atoms with Crippen LogP contribution in [0.4, 0.5) is 5.69 Å². The molecule has 39 heavy (non-hydrogen) atoms. The molecule has 0 radical (unpaired) electrons. The third kappa shape index (κ3) is 8.21. The quantitative estimate of drug-likeness (QED) is 0.269. The van der Waals surface area contributed by atoms with Gasteiger partial charge in [0.15, 0.2) is 0 Å². The van der Waals surface area contributed by atoms with Crippen molar-refractivity contribution in [2.45, 2.75) is 51.1 Å². The van der Waals surface area contributed by atoms with Crippen LogP contribution in [0, 0.1) is 6.92 Å². The summed E-state index contributed by atoms with van der Waals surface area (Å²) >= 11 is 12.4. The van der Waals surface area contributed by atoms with E-state index in [1.165, 1.54) is 35.2 Å². The van der Waals surface area contributed by atoms with Crippen LogP contribution in [0.15, 0.2) is 77.7 Å². The fraction of sp³-hybridized carbons (Fsp3) is 0.310. The van der Waals surface area contributed by atoms with Crippen LogP contribution in [-0.2, 0) is 26.2 Å². The molecule has 0 aliphatic rings. The number of hydrogen-bond donors (Lipinski definition) is 1. The fourth-order valence-corrected chi connectivity index (χ4v) is 5.87. The maximum Gasteiger partial charge on any atom is 0.264 e. The zero-order chi connectivity index (χ0) is 28.6. The van der Waals surface area contributed by atoms with Gasteiger partial charge in [0, 0.05) is 23.1 Å². The third-order valence-electron chi connectivity index (χ3n) is 6.22. The fourth-order valence-electron chi connectivity index (χ4n) is 3.94. The Morgan fingerprint density at radius 2 is 1.56 bits per heavy atom. The Bertz CT molecular complexity index is 1360. The molecule has 7 nitrogen and oxygen atoms in total. The van der Waals surface area contributed by atoms with Crippen molar-refractivity contribution in [3.05, 3.63) is 94.0 Å². The summed E-state index contributed by atoms with van der Waals surface area (Å²) in [6.07, 6.45) is 1.72. The minimum atomic E-state index is -4.19. The Morgan fingerprint density at radius 1 is 0.949 bits per heavy atom. The lowest BCUT2D eigenvalue weighted by molar-refractivity contribution is -0.139. The van der Waals surface area contributed by atoms with E-state index in [4.69, 9.17) is 23.2 Å². The van der Waals surface area contributed by atoms with Crippen molar-refractivity contribution in [3.8, 4) is 0 Å². The van der Waals surface area contributed by atoms with Gasteiger partial charge < -0.3 is 10.2 Å². The molecule has 0 unspecified atom stereocenters. The number of halogens is 2. The van der Waals surface area contributed by atoms with E-state index >= 15 is 0 Å². The molecule has 0 saturated carbocycles. The maximum atomic E-state index is 13.9. The number of nitrogens with one attached hydrogen (secondary N) is 1. The predicted molar refractivity (Wildman–Crippen MR) is 157 cm³/mol. The largest absolute Gasteiger partial charge is 0.354 e. The number of carbonyl (C=O) groups is 2. The lowest BCUT2D eigenvalue weighted by Gasteiger charge is -2.32. The Labute approximate surface area is 240 Å². The Morgan fingerprint density at radius 3 is 2.15 bits per heavy atom. The molecule has 0 heterocycles. The van der Waals surface area contributed by atoms with Crippen LogP contribution >= 0.6 is 23.2 Å². The smallest absolute Gasteiger partial charge is 0.264 e. The molecule has 1 atom stereocenters. The zero-order valence-corrected chi connectivity index (χ0v) is 24.6. The highest BCUT2D eigenvalue weighted by Crippen LogP contribution is 2.30. The highest BCUT2D eigenvalue weighted by atomic mass is 35.5. The number of hydrogen-bond acceptors (Lipinski definition) is 4. The second-order valence-corrected chi connectivity index (χ2v) is 12.0. The van der Waals surface area contributed by atoms with Gasteiger partial charge >= 0.3 is 0 Å². The van der Waals surface area contributed by atoms with Gasteiger partial charge in [0.1, 0.15) is 12.6 Å². The molecule has 0 aliphatic carbocycles. The average Bonchev–Trinajstić information content (AvgIpc) is 2.90. The van der Waals surface area contributed by atoms with Gasteiger partial charge in [-0.15, -0.1) is 0 Å². The van der Waals surface area contributed by atoms with E-state index in [9.17, 15) is 18.0 Å². The highest BCUT2D eigenvalue weighted by Gasteiger charge is 2.32. The predicted octanol–water partition coefficient (Wildman–Crippen LogP) is 5.83.